The molecule has 1 aliphatic heterocycles. The van der Waals surface area contributed by atoms with Crippen LogP contribution in [0.1, 0.15) is 28.2 Å². The summed E-state index contributed by atoms with van der Waals surface area (Å²) in [5, 5.41) is 11.9. The molecular formula is C26H27NO6S. The van der Waals surface area contributed by atoms with E-state index in [1.165, 1.54) is 4.31 Å². The highest BCUT2D eigenvalue weighted by Gasteiger charge is 2.53. The summed E-state index contributed by atoms with van der Waals surface area (Å²) in [6.07, 6.45) is 0.290. The Kier molecular flexibility index (Phi) is 5.26. The maximum atomic E-state index is 13.8. The van der Waals surface area contributed by atoms with Crippen molar-refractivity contribution in [2.75, 3.05) is 32.2 Å². The Morgan fingerprint density at radius 1 is 0.912 bits per heavy atom. The molecule has 0 saturated heterocycles. The predicted molar refractivity (Wildman–Crippen MR) is 129 cm³/mol. The normalized spacial score (nSPS) is 20.9. The Balaban J connectivity index is 1.71. The van der Waals surface area contributed by atoms with E-state index in [4.69, 9.17) is 14.2 Å². The van der Waals surface area contributed by atoms with Gasteiger partial charge in [0.1, 0.15) is 5.75 Å². The minimum atomic E-state index is -3.94. The molecule has 0 fully saturated rings. The minimum absolute atomic E-state index is 0.0899. The van der Waals surface area contributed by atoms with Crippen LogP contribution in [0.4, 0.5) is 5.69 Å². The van der Waals surface area contributed by atoms with Crippen LogP contribution in [0.2, 0.25) is 0 Å². The zero-order chi connectivity index (χ0) is 24.3. The molecule has 8 heteroatoms. The molecular weight excluding hydrogens is 454 g/mol. The summed E-state index contributed by atoms with van der Waals surface area (Å²) in [6.45, 7) is 1.82. The lowest BCUT2D eigenvalue weighted by Crippen LogP contribution is -2.52. The van der Waals surface area contributed by atoms with E-state index in [9.17, 15) is 13.5 Å². The van der Waals surface area contributed by atoms with Gasteiger partial charge in [0.25, 0.3) is 10.0 Å². The summed E-state index contributed by atoms with van der Waals surface area (Å²) in [5.41, 5.74) is 2.65. The Morgan fingerprint density at radius 3 is 2.24 bits per heavy atom. The molecule has 0 bridgehead atoms. The van der Waals surface area contributed by atoms with Gasteiger partial charge in [-0.05, 0) is 53.9 Å². The molecule has 1 aliphatic carbocycles. The Morgan fingerprint density at radius 2 is 1.59 bits per heavy atom. The second kappa shape index (κ2) is 7.92. The molecule has 1 heterocycles. The number of hydrogen-bond acceptors (Lipinski definition) is 6. The van der Waals surface area contributed by atoms with Crippen molar-refractivity contribution in [2.45, 2.75) is 29.8 Å². The molecule has 0 radical (unpaired) electrons. The van der Waals surface area contributed by atoms with Gasteiger partial charge in [-0.3, -0.25) is 4.31 Å². The van der Waals surface area contributed by atoms with Crippen molar-refractivity contribution in [3.8, 4) is 17.2 Å². The summed E-state index contributed by atoms with van der Waals surface area (Å²) in [5.74, 6) is 1.25. The van der Waals surface area contributed by atoms with Gasteiger partial charge in [-0.1, -0.05) is 23.8 Å². The van der Waals surface area contributed by atoms with Gasteiger partial charge in [0.15, 0.2) is 11.5 Å². The first kappa shape index (κ1) is 22.6. The molecule has 0 aromatic heterocycles. The van der Waals surface area contributed by atoms with E-state index in [1.54, 1.807) is 57.7 Å². The van der Waals surface area contributed by atoms with Gasteiger partial charge in [-0.2, -0.15) is 0 Å². The van der Waals surface area contributed by atoms with Crippen molar-refractivity contribution in [1.82, 2.24) is 0 Å². The molecule has 3 aromatic rings. The minimum Gasteiger partial charge on any atom is -0.497 e. The number of aliphatic hydroxyl groups is 1. The third-order valence-corrected chi connectivity index (χ3v) is 8.61. The Hall–Kier alpha value is -3.23. The highest BCUT2D eigenvalue weighted by Crippen LogP contribution is 2.54. The fourth-order valence-corrected chi connectivity index (χ4v) is 6.73. The van der Waals surface area contributed by atoms with Crippen molar-refractivity contribution in [1.29, 1.82) is 0 Å². The second-order valence-electron chi connectivity index (χ2n) is 8.87. The van der Waals surface area contributed by atoms with Gasteiger partial charge in [-0.25, -0.2) is 8.42 Å². The SMILES string of the molecule is COc1ccc2c(c1)N(S(=O)(=O)c1ccc(C)cc1)CC1(O)Cc3cc(OC)c(OC)cc3C21. The number of nitrogens with zero attached hydrogens (tertiary/aromatic N) is 1. The van der Waals surface area contributed by atoms with E-state index < -0.39 is 21.5 Å². The summed E-state index contributed by atoms with van der Waals surface area (Å²) in [4.78, 5) is 0.174. The molecule has 0 amide bonds. The van der Waals surface area contributed by atoms with Crippen LogP contribution in [0.25, 0.3) is 0 Å². The number of fused-ring (bicyclic) bond motifs is 5. The molecule has 2 unspecified atom stereocenters. The van der Waals surface area contributed by atoms with Crippen molar-refractivity contribution in [3.05, 3.63) is 76.9 Å². The van der Waals surface area contributed by atoms with E-state index in [0.29, 0.717) is 29.4 Å². The van der Waals surface area contributed by atoms with E-state index in [0.717, 1.165) is 22.3 Å². The topological polar surface area (TPSA) is 85.3 Å². The Labute approximate surface area is 199 Å². The van der Waals surface area contributed by atoms with Crippen molar-refractivity contribution in [3.63, 3.8) is 0 Å². The van der Waals surface area contributed by atoms with E-state index in [2.05, 4.69) is 0 Å². The molecule has 34 heavy (non-hydrogen) atoms. The van der Waals surface area contributed by atoms with Crippen LogP contribution in [-0.2, 0) is 16.4 Å². The molecule has 0 spiro atoms. The molecule has 2 aliphatic rings. The van der Waals surface area contributed by atoms with E-state index in [-0.39, 0.29) is 11.4 Å². The van der Waals surface area contributed by atoms with Crippen molar-refractivity contribution < 1.29 is 27.7 Å². The largest absolute Gasteiger partial charge is 0.497 e. The molecule has 3 aromatic carbocycles. The predicted octanol–water partition coefficient (Wildman–Crippen LogP) is 3.65. The van der Waals surface area contributed by atoms with Gasteiger partial charge in [0.05, 0.1) is 44.1 Å². The van der Waals surface area contributed by atoms with Crippen LogP contribution in [0.3, 0.4) is 0 Å². The van der Waals surface area contributed by atoms with Crippen molar-refractivity contribution >= 4 is 15.7 Å². The number of β-amino-alcohol motifs (C(OH)–C–C–N with tert-alkyl or cyclic N) is 1. The summed E-state index contributed by atoms with van der Waals surface area (Å²) in [6, 6.07) is 15.8. The lowest BCUT2D eigenvalue weighted by atomic mass is 9.78. The molecule has 7 nitrogen and oxygen atoms in total. The standard InChI is InChI=1S/C26H27NO6S/c1-16-5-8-19(9-6-16)34(29,30)27-15-26(28)14-17-11-23(32-3)24(33-4)13-21(17)25(26)20-10-7-18(31-2)12-22(20)27/h5-13,25,28H,14-15H2,1-4H3. The fourth-order valence-electron chi connectivity index (χ4n) is 5.18. The first-order chi connectivity index (χ1) is 16.2. The van der Waals surface area contributed by atoms with Crippen molar-refractivity contribution in [2.24, 2.45) is 0 Å². The molecule has 2 atom stereocenters. The number of ether oxygens (including phenoxy) is 3. The quantitative estimate of drug-likeness (QED) is 0.599. The van der Waals surface area contributed by atoms with E-state index >= 15 is 0 Å². The summed E-state index contributed by atoms with van der Waals surface area (Å²) >= 11 is 0. The third kappa shape index (κ3) is 3.32. The lowest BCUT2D eigenvalue weighted by Gasteiger charge is -2.43. The number of anilines is 1. The second-order valence-corrected chi connectivity index (χ2v) is 10.7. The van der Waals surface area contributed by atoms with Crippen LogP contribution < -0.4 is 18.5 Å². The van der Waals surface area contributed by atoms with Gasteiger partial charge < -0.3 is 19.3 Å². The number of hydrogen-bond donors (Lipinski definition) is 1. The molecule has 178 valence electrons. The lowest BCUT2D eigenvalue weighted by molar-refractivity contribution is 0.0415. The smallest absolute Gasteiger partial charge is 0.264 e. The average molecular weight is 482 g/mol. The van der Waals surface area contributed by atoms with Gasteiger partial charge in [-0.15, -0.1) is 0 Å². The van der Waals surface area contributed by atoms with Crippen LogP contribution in [-0.4, -0.2) is 47.0 Å². The van der Waals surface area contributed by atoms with Gasteiger partial charge in [0, 0.05) is 18.4 Å². The van der Waals surface area contributed by atoms with E-state index in [1.807, 2.05) is 25.1 Å². The first-order valence-electron chi connectivity index (χ1n) is 11.0. The van der Waals surface area contributed by atoms with Gasteiger partial charge in [0.2, 0.25) is 0 Å². The highest BCUT2D eigenvalue weighted by molar-refractivity contribution is 7.92. The zero-order valence-corrected chi connectivity index (χ0v) is 20.3. The number of aryl methyl sites for hydroxylation is 1. The Bertz CT molecular complexity index is 1370. The van der Waals surface area contributed by atoms with Gasteiger partial charge >= 0.3 is 0 Å². The van der Waals surface area contributed by atoms with Crippen LogP contribution in [0, 0.1) is 6.92 Å². The fraction of sp³-hybridized carbons (Fsp3) is 0.308. The molecule has 0 saturated carbocycles. The molecule has 1 N–H and O–H groups in total. The maximum Gasteiger partial charge on any atom is 0.264 e. The number of rotatable bonds is 5. The number of sulfonamides is 1. The van der Waals surface area contributed by atoms with Crippen LogP contribution in [0.15, 0.2) is 59.5 Å². The average Bonchev–Trinajstić information content (AvgIpc) is 3.13. The highest BCUT2D eigenvalue weighted by atomic mass is 32.2. The molecule has 5 rings (SSSR count). The summed E-state index contributed by atoms with van der Waals surface area (Å²) < 4.78 is 45.3. The monoisotopic (exact) mass is 481 g/mol. The summed E-state index contributed by atoms with van der Waals surface area (Å²) in [7, 11) is 0.743. The number of benzene rings is 3. The maximum absolute atomic E-state index is 13.8. The van der Waals surface area contributed by atoms with Crippen LogP contribution in [0.5, 0.6) is 17.2 Å². The third-order valence-electron chi connectivity index (χ3n) is 6.83. The van der Waals surface area contributed by atoms with Crippen LogP contribution >= 0.6 is 0 Å². The zero-order valence-electron chi connectivity index (χ0n) is 19.5. The first-order valence-corrected chi connectivity index (χ1v) is 12.4. The number of methoxy groups -OCH3 is 3.